The summed E-state index contributed by atoms with van der Waals surface area (Å²) < 4.78 is 18.7. The Balaban J connectivity index is 1.92. The van der Waals surface area contributed by atoms with E-state index in [1.807, 2.05) is 0 Å². The van der Waals surface area contributed by atoms with E-state index in [4.69, 9.17) is 16.1 Å². The van der Waals surface area contributed by atoms with Gasteiger partial charge in [0.25, 0.3) is 0 Å². The van der Waals surface area contributed by atoms with Gasteiger partial charge in [0.1, 0.15) is 0 Å². The summed E-state index contributed by atoms with van der Waals surface area (Å²) in [5.41, 5.74) is 1.80. The Morgan fingerprint density at radius 2 is 2.00 bits per heavy atom. The Morgan fingerprint density at radius 1 is 1.22 bits per heavy atom. The standard InChI is InChI=1S/C19H12ClFN2O4/c1-8-4-16(27-23-8)18(25)17-11-6-10(9-2-3-15(24)13(21)5-9)12(20)7-14(11)22-19(17)26/h2-7,22,24,26H,1H3. The molecule has 136 valence electrons. The summed E-state index contributed by atoms with van der Waals surface area (Å²) in [5, 5.41) is 24.0. The molecule has 0 bridgehead atoms. The lowest BCUT2D eigenvalue weighted by Crippen LogP contribution is -1.99. The zero-order chi connectivity index (χ0) is 19.3. The van der Waals surface area contributed by atoms with E-state index < -0.39 is 17.3 Å². The highest BCUT2D eigenvalue weighted by molar-refractivity contribution is 6.34. The van der Waals surface area contributed by atoms with Crippen LogP contribution in [0.15, 0.2) is 40.9 Å². The molecule has 0 unspecified atom stereocenters. The number of aromatic nitrogens is 2. The molecule has 0 saturated carbocycles. The highest BCUT2D eigenvalue weighted by Crippen LogP contribution is 2.38. The summed E-state index contributed by atoms with van der Waals surface area (Å²) in [7, 11) is 0. The van der Waals surface area contributed by atoms with Gasteiger partial charge in [0.05, 0.1) is 21.8 Å². The first-order chi connectivity index (χ1) is 12.8. The number of phenolic OH excluding ortho intramolecular Hbond substituents is 1. The topological polar surface area (TPSA) is 99.3 Å². The normalized spacial score (nSPS) is 11.2. The van der Waals surface area contributed by atoms with Gasteiger partial charge in [-0.25, -0.2) is 4.39 Å². The summed E-state index contributed by atoms with van der Waals surface area (Å²) in [6.45, 7) is 1.67. The lowest BCUT2D eigenvalue weighted by Gasteiger charge is -2.07. The maximum absolute atomic E-state index is 13.7. The minimum atomic E-state index is -0.797. The van der Waals surface area contributed by atoms with Crippen molar-refractivity contribution in [2.75, 3.05) is 0 Å². The molecule has 0 atom stereocenters. The molecule has 0 fully saturated rings. The molecule has 0 amide bonds. The van der Waals surface area contributed by atoms with Crippen molar-refractivity contribution in [3.8, 4) is 22.8 Å². The van der Waals surface area contributed by atoms with Crippen LogP contribution in [0.1, 0.15) is 21.8 Å². The fraction of sp³-hybridized carbons (Fsp3) is 0.0526. The van der Waals surface area contributed by atoms with E-state index in [0.29, 0.717) is 27.7 Å². The molecule has 2 heterocycles. The molecule has 4 aromatic rings. The number of aryl methyl sites for hydroxylation is 1. The number of nitrogens with zero attached hydrogens (tertiary/aromatic N) is 1. The number of hydrogen-bond acceptors (Lipinski definition) is 5. The molecule has 0 saturated heterocycles. The van der Waals surface area contributed by atoms with Crippen LogP contribution >= 0.6 is 11.6 Å². The quantitative estimate of drug-likeness (QED) is 0.448. The first kappa shape index (κ1) is 17.1. The predicted molar refractivity (Wildman–Crippen MR) is 96.7 cm³/mol. The van der Waals surface area contributed by atoms with Gasteiger partial charge in [-0.3, -0.25) is 4.79 Å². The van der Waals surface area contributed by atoms with Gasteiger partial charge in [0, 0.05) is 17.0 Å². The van der Waals surface area contributed by atoms with Crippen molar-refractivity contribution in [3.63, 3.8) is 0 Å². The van der Waals surface area contributed by atoms with Gasteiger partial charge < -0.3 is 19.7 Å². The number of carbonyl (C=O) groups excluding carboxylic acids is 1. The summed E-state index contributed by atoms with van der Waals surface area (Å²) in [4.78, 5) is 15.4. The van der Waals surface area contributed by atoms with Crippen molar-refractivity contribution < 1.29 is 23.9 Å². The van der Waals surface area contributed by atoms with Gasteiger partial charge >= 0.3 is 0 Å². The number of halogens is 2. The number of benzene rings is 2. The maximum Gasteiger partial charge on any atom is 0.237 e. The first-order valence-corrected chi connectivity index (χ1v) is 8.24. The Morgan fingerprint density at radius 3 is 2.67 bits per heavy atom. The van der Waals surface area contributed by atoms with Crippen molar-refractivity contribution in [1.82, 2.24) is 10.1 Å². The molecule has 3 N–H and O–H groups in total. The van der Waals surface area contributed by atoms with E-state index in [9.17, 15) is 19.4 Å². The van der Waals surface area contributed by atoms with Crippen LogP contribution in [0.5, 0.6) is 11.6 Å². The lowest BCUT2D eigenvalue weighted by molar-refractivity contribution is 0.0999. The van der Waals surface area contributed by atoms with E-state index in [1.54, 1.807) is 13.0 Å². The second kappa shape index (κ2) is 6.14. The van der Waals surface area contributed by atoms with Crippen LogP contribution in [0.3, 0.4) is 0 Å². The number of ketones is 1. The number of phenols is 1. The van der Waals surface area contributed by atoms with Crippen molar-refractivity contribution in [1.29, 1.82) is 0 Å². The number of carbonyl (C=O) groups is 1. The maximum atomic E-state index is 13.7. The summed E-state index contributed by atoms with van der Waals surface area (Å²) in [6.07, 6.45) is 0. The number of aromatic amines is 1. The van der Waals surface area contributed by atoms with Crippen LogP contribution in [-0.2, 0) is 0 Å². The predicted octanol–water partition coefficient (Wildman–Crippen LogP) is 4.57. The second-order valence-electron chi connectivity index (χ2n) is 6.05. The number of aromatic hydroxyl groups is 2. The molecule has 0 aliphatic rings. The van der Waals surface area contributed by atoms with Gasteiger partial charge in [-0.1, -0.05) is 22.8 Å². The largest absolute Gasteiger partial charge is 0.505 e. The fourth-order valence-corrected chi connectivity index (χ4v) is 3.19. The molecule has 2 aromatic heterocycles. The van der Waals surface area contributed by atoms with E-state index in [1.165, 1.54) is 24.3 Å². The third-order valence-electron chi connectivity index (χ3n) is 4.20. The average molecular weight is 387 g/mol. The van der Waals surface area contributed by atoms with Crippen LogP contribution in [0.2, 0.25) is 5.02 Å². The molecule has 6 nitrogen and oxygen atoms in total. The van der Waals surface area contributed by atoms with E-state index in [2.05, 4.69) is 10.1 Å². The molecule has 8 heteroatoms. The van der Waals surface area contributed by atoms with E-state index in [-0.39, 0.29) is 22.2 Å². The summed E-state index contributed by atoms with van der Waals surface area (Å²) >= 11 is 6.29. The molecule has 27 heavy (non-hydrogen) atoms. The Labute approximate surface area is 156 Å². The zero-order valence-corrected chi connectivity index (χ0v) is 14.6. The third-order valence-corrected chi connectivity index (χ3v) is 4.52. The highest BCUT2D eigenvalue weighted by Gasteiger charge is 2.24. The molecule has 0 spiro atoms. The fourth-order valence-electron chi connectivity index (χ4n) is 2.92. The monoisotopic (exact) mass is 386 g/mol. The second-order valence-corrected chi connectivity index (χ2v) is 6.46. The van der Waals surface area contributed by atoms with Crippen molar-refractivity contribution in [2.24, 2.45) is 0 Å². The summed E-state index contributed by atoms with van der Waals surface area (Å²) in [5.74, 6) is -2.18. The van der Waals surface area contributed by atoms with Crippen molar-refractivity contribution in [3.05, 3.63) is 64.3 Å². The van der Waals surface area contributed by atoms with Gasteiger partial charge in [-0.2, -0.15) is 0 Å². The van der Waals surface area contributed by atoms with Crippen LogP contribution in [0, 0.1) is 12.7 Å². The SMILES string of the molecule is Cc1cc(C(=O)c2c(O)[nH]c3cc(Cl)c(-c4ccc(O)c(F)c4)cc23)on1. The molecule has 4 rings (SSSR count). The zero-order valence-electron chi connectivity index (χ0n) is 13.9. The molecule has 0 radical (unpaired) electrons. The minimum Gasteiger partial charge on any atom is -0.505 e. The Kier molecular flexibility index (Phi) is 3.89. The smallest absolute Gasteiger partial charge is 0.237 e. The molecule has 0 aliphatic carbocycles. The van der Waals surface area contributed by atoms with Crippen LogP contribution in [0.25, 0.3) is 22.0 Å². The number of rotatable bonds is 3. The van der Waals surface area contributed by atoms with Crippen molar-refractivity contribution in [2.45, 2.75) is 6.92 Å². The van der Waals surface area contributed by atoms with Gasteiger partial charge in [0.2, 0.25) is 17.4 Å². The third kappa shape index (κ3) is 2.82. The van der Waals surface area contributed by atoms with E-state index >= 15 is 0 Å². The lowest BCUT2D eigenvalue weighted by atomic mass is 10.00. The Bertz CT molecular complexity index is 1210. The minimum absolute atomic E-state index is 0.00156. The Hall–Kier alpha value is -3.32. The van der Waals surface area contributed by atoms with Gasteiger partial charge in [-0.05, 0) is 36.8 Å². The first-order valence-electron chi connectivity index (χ1n) is 7.86. The number of fused-ring (bicyclic) bond motifs is 1. The summed E-state index contributed by atoms with van der Waals surface area (Å²) in [6, 6.07) is 8.40. The van der Waals surface area contributed by atoms with Crippen LogP contribution in [-0.4, -0.2) is 26.1 Å². The van der Waals surface area contributed by atoms with Crippen LogP contribution < -0.4 is 0 Å². The van der Waals surface area contributed by atoms with Gasteiger partial charge in [-0.15, -0.1) is 0 Å². The number of H-pyrrole nitrogens is 1. The van der Waals surface area contributed by atoms with Gasteiger partial charge in [0.15, 0.2) is 11.6 Å². The number of hydrogen-bond donors (Lipinski definition) is 3. The molecule has 0 aliphatic heterocycles. The average Bonchev–Trinajstić information content (AvgIpc) is 3.18. The van der Waals surface area contributed by atoms with Crippen molar-refractivity contribution >= 4 is 28.3 Å². The molecule has 2 aromatic carbocycles. The van der Waals surface area contributed by atoms with E-state index in [0.717, 1.165) is 6.07 Å². The van der Waals surface area contributed by atoms with Crippen LogP contribution in [0.4, 0.5) is 4.39 Å². The molecular formula is C19H12ClFN2O4. The number of nitrogens with one attached hydrogen (secondary N) is 1. The highest BCUT2D eigenvalue weighted by atomic mass is 35.5. The molecular weight excluding hydrogens is 375 g/mol.